The fraction of sp³-hybridized carbons (Fsp3) is 0.294. The van der Waals surface area contributed by atoms with Gasteiger partial charge in [-0.1, -0.05) is 19.1 Å². The molecule has 21 heavy (non-hydrogen) atoms. The third-order valence-electron chi connectivity index (χ3n) is 3.54. The molecule has 0 radical (unpaired) electrons. The maximum absolute atomic E-state index is 12.8. The Bertz CT molecular complexity index is 613. The summed E-state index contributed by atoms with van der Waals surface area (Å²) in [6.07, 6.45) is 0. The quantitative estimate of drug-likeness (QED) is 0.913. The predicted octanol–water partition coefficient (Wildman–Crippen LogP) is 3.45. The van der Waals surface area contributed by atoms with Gasteiger partial charge in [0.2, 0.25) is 0 Å². The Labute approximate surface area is 123 Å². The summed E-state index contributed by atoms with van der Waals surface area (Å²) >= 11 is 0. The minimum absolute atomic E-state index is 0.237. The highest BCUT2D eigenvalue weighted by Gasteiger charge is 2.23. The van der Waals surface area contributed by atoms with Crippen LogP contribution < -0.4 is 14.8 Å². The van der Waals surface area contributed by atoms with Crippen molar-refractivity contribution in [3.63, 3.8) is 0 Å². The van der Waals surface area contributed by atoms with E-state index >= 15 is 0 Å². The standard InChI is InChI=1S/C17H18FNO2/c1-2-19-16-11-21-17-9-14(7-8-15(16)17)20-10-12-3-5-13(18)6-4-12/h3-9,16,19H,2,10-11H2,1H3. The van der Waals surface area contributed by atoms with E-state index in [1.54, 1.807) is 12.1 Å². The first-order chi connectivity index (χ1) is 10.3. The molecule has 1 unspecified atom stereocenters. The van der Waals surface area contributed by atoms with Gasteiger partial charge in [-0.05, 0) is 36.4 Å². The SMILES string of the molecule is CCNC1COc2cc(OCc3ccc(F)cc3)ccc21. The molecule has 2 aromatic carbocycles. The molecule has 0 saturated heterocycles. The van der Waals surface area contributed by atoms with Crippen LogP contribution in [0.25, 0.3) is 0 Å². The monoisotopic (exact) mass is 287 g/mol. The van der Waals surface area contributed by atoms with Gasteiger partial charge in [0, 0.05) is 11.6 Å². The average molecular weight is 287 g/mol. The number of ether oxygens (including phenoxy) is 2. The van der Waals surface area contributed by atoms with Crippen LogP contribution in [0.2, 0.25) is 0 Å². The first kappa shape index (κ1) is 13.9. The third-order valence-corrected chi connectivity index (χ3v) is 3.54. The van der Waals surface area contributed by atoms with Crippen LogP contribution in [-0.2, 0) is 6.61 Å². The Morgan fingerprint density at radius 1 is 1.24 bits per heavy atom. The van der Waals surface area contributed by atoms with E-state index in [0.717, 1.165) is 23.6 Å². The lowest BCUT2D eigenvalue weighted by Crippen LogP contribution is -2.21. The summed E-state index contributed by atoms with van der Waals surface area (Å²) in [5, 5.41) is 3.38. The van der Waals surface area contributed by atoms with Crippen molar-refractivity contribution >= 4 is 0 Å². The predicted molar refractivity (Wildman–Crippen MR) is 79.1 cm³/mol. The van der Waals surface area contributed by atoms with Gasteiger partial charge >= 0.3 is 0 Å². The average Bonchev–Trinajstić information content (AvgIpc) is 2.90. The van der Waals surface area contributed by atoms with Gasteiger partial charge < -0.3 is 14.8 Å². The summed E-state index contributed by atoms with van der Waals surface area (Å²) in [5.74, 6) is 1.40. The molecule has 1 aliphatic rings. The summed E-state index contributed by atoms with van der Waals surface area (Å²) in [7, 11) is 0. The van der Waals surface area contributed by atoms with Crippen molar-refractivity contribution in [2.75, 3.05) is 13.2 Å². The van der Waals surface area contributed by atoms with Gasteiger partial charge in [0.25, 0.3) is 0 Å². The number of fused-ring (bicyclic) bond motifs is 1. The third kappa shape index (κ3) is 3.16. The van der Waals surface area contributed by atoms with Gasteiger partial charge in [-0.2, -0.15) is 0 Å². The summed E-state index contributed by atoms with van der Waals surface area (Å²) in [5.41, 5.74) is 2.11. The zero-order chi connectivity index (χ0) is 14.7. The summed E-state index contributed by atoms with van der Waals surface area (Å²) in [6.45, 7) is 4.06. The molecule has 0 amide bonds. The second kappa shape index (κ2) is 6.14. The molecular weight excluding hydrogens is 269 g/mol. The molecule has 2 aromatic rings. The highest BCUT2D eigenvalue weighted by Crippen LogP contribution is 2.35. The van der Waals surface area contributed by atoms with E-state index in [9.17, 15) is 4.39 Å². The molecule has 1 atom stereocenters. The lowest BCUT2D eigenvalue weighted by molar-refractivity contribution is 0.297. The smallest absolute Gasteiger partial charge is 0.128 e. The van der Waals surface area contributed by atoms with Crippen molar-refractivity contribution < 1.29 is 13.9 Å². The number of benzene rings is 2. The van der Waals surface area contributed by atoms with E-state index in [0.29, 0.717) is 13.2 Å². The van der Waals surface area contributed by atoms with Gasteiger partial charge in [0.15, 0.2) is 0 Å². The van der Waals surface area contributed by atoms with Crippen molar-refractivity contribution in [1.82, 2.24) is 5.32 Å². The number of likely N-dealkylation sites (N-methyl/N-ethyl adjacent to an activating group) is 1. The van der Waals surface area contributed by atoms with E-state index in [1.165, 1.54) is 17.7 Å². The fourth-order valence-electron chi connectivity index (χ4n) is 2.44. The van der Waals surface area contributed by atoms with Crippen molar-refractivity contribution in [1.29, 1.82) is 0 Å². The number of nitrogens with one attached hydrogen (secondary N) is 1. The maximum atomic E-state index is 12.8. The molecule has 0 fully saturated rings. The van der Waals surface area contributed by atoms with E-state index < -0.39 is 0 Å². The topological polar surface area (TPSA) is 30.5 Å². The molecule has 0 spiro atoms. The molecule has 3 rings (SSSR count). The van der Waals surface area contributed by atoms with Crippen LogP contribution in [0.3, 0.4) is 0 Å². The van der Waals surface area contributed by atoms with Crippen LogP contribution in [0.4, 0.5) is 4.39 Å². The number of hydrogen-bond donors (Lipinski definition) is 1. The lowest BCUT2D eigenvalue weighted by atomic mass is 10.1. The number of rotatable bonds is 5. The molecule has 110 valence electrons. The molecule has 0 saturated carbocycles. The summed E-state index contributed by atoms with van der Waals surface area (Å²) in [6, 6.07) is 12.5. The van der Waals surface area contributed by atoms with Crippen LogP contribution in [0, 0.1) is 5.82 Å². The minimum atomic E-state index is -0.237. The van der Waals surface area contributed by atoms with Crippen LogP contribution >= 0.6 is 0 Å². The lowest BCUT2D eigenvalue weighted by Gasteiger charge is -2.10. The van der Waals surface area contributed by atoms with Gasteiger partial charge in [-0.3, -0.25) is 0 Å². The highest BCUT2D eigenvalue weighted by molar-refractivity contribution is 5.45. The first-order valence-corrected chi connectivity index (χ1v) is 7.13. The van der Waals surface area contributed by atoms with E-state index in [1.807, 2.05) is 18.2 Å². The molecular formula is C17H18FNO2. The van der Waals surface area contributed by atoms with Gasteiger partial charge in [-0.15, -0.1) is 0 Å². The summed E-state index contributed by atoms with van der Waals surface area (Å²) in [4.78, 5) is 0. The molecule has 1 heterocycles. The maximum Gasteiger partial charge on any atom is 0.128 e. The zero-order valence-corrected chi connectivity index (χ0v) is 11.9. The molecule has 0 bridgehead atoms. The van der Waals surface area contributed by atoms with Crippen LogP contribution in [0.5, 0.6) is 11.5 Å². The molecule has 0 aliphatic carbocycles. The Hall–Kier alpha value is -2.07. The number of hydrogen-bond acceptors (Lipinski definition) is 3. The van der Waals surface area contributed by atoms with Crippen molar-refractivity contribution in [2.45, 2.75) is 19.6 Å². The molecule has 4 heteroatoms. The first-order valence-electron chi connectivity index (χ1n) is 7.13. The van der Waals surface area contributed by atoms with E-state index in [4.69, 9.17) is 9.47 Å². The Kier molecular flexibility index (Phi) is 4.06. The zero-order valence-electron chi connectivity index (χ0n) is 11.9. The van der Waals surface area contributed by atoms with Crippen molar-refractivity contribution in [3.05, 3.63) is 59.4 Å². The van der Waals surface area contributed by atoms with Gasteiger partial charge in [-0.25, -0.2) is 4.39 Å². The fourth-order valence-corrected chi connectivity index (χ4v) is 2.44. The van der Waals surface area contributed by atoms with Crippen molar-refractivity contribution in [3.8, 4) is 11.5 Å². The van der Waals surface area contributed by atoms with Crippen LogP contribution in [0.15, 0.2) is 42.5 Å². The van der Waals surface area contributed by atoms with Crippen LogP contribution in [0.1, 0.15) is 24.1 Å². The summed E-state index contributed by atoms with van der Waals surface area (Å²) < 4.78 is 24.2. The molecule has 3 nitrogen and oxygen atoms in total. The molecule has 0 aromatic heterocycles. The normalized spacial score (nSPS) is 16.4. The van der Waals surface area contributed by atoms with Gasteiger partial charge in [0.1, 0.15) is 30.5 Å². The largest absolute Gasteiger partial charge is 0.491 e. The Morgan fingerprint density at radius 3 is 2.81 bits per heavy atom. The van der Waals surface area contributed by atoms with E-state index in [2.05, 4.69) is 12.2 Å². The molecule has 1 N–H and O–H groups in total. The van der Waals surface area contributed by atoms with Crippen LogP contribution in [-0.4, -0.2) is 13.2 Å². The molecule has 1 aliphatic heterocycles. The van der Waals surface area contributed by atoms with Crippen molar-refractivity contribution in [2.24, 2.45) is 0 Å². The Balaban J connectivity index is 1.66. The number of halogens is 1. The highest BCUT2D eigenvalue weighted by atomic mass is 19.1. The second-order valence-electron chi connectivity index (χ2n) is 5.04. The second-order valence-corrected chi connectivity index (χ2v) is 5.04. The minimum Gasteiger partial charge on any atom is -0.491 e. The Morgan fingerprint density at radius 2 is 2.05 bits per heavy atom. The van der Waals surface area contributed by atoms with E-state index in [-0.39, 0.29) is 11.9 Å². The van der Waals surface area contributed by atoms with Gasteiger partial charge in [0.05, 0.1) is 6.04 Å².